The van der Waals surface area contributed by atoms with Gasteiger partial charge in [0.25, 0.3) is 10.2 Å². The monoisotopic (exact) mass is 320 g/mol. The SMILES string of the molecule is CC(C)C(NS(=O)(=O)N(C)CCC(=O)O)c1cccs1. The summed E-state index contributed by atoms with van der Waals surface area (Å²) in [5.41, 5.74) is 0. The summed E-state index contributed by atoms with van der Waals surface area (Å²) in [7, 11) is -2.33. The molecule has 0 radical (unpaired) electrons. The maximum Gasteiger partial charge on any atom is 0.304 e. The number of nitrogens with zero attached hydrogens (tertiary/aromatic N) is 1. The van der Waals surface area contributed by atoms with Crippen molar-refractivity contribution in [3.63, 3.8) is 0 Å². The first-order valence-corrected chi connectivity index (χ1v) is 8.55. The maximum atomic E-state index is 12.2. The lowest BCUT2D eigenvalue weighted by atomic mass is 10.0. The molecule has 1 rings (SSSR count). The quantitative estimate of drug-likeness (QED) is 0.763. The number of carbonyl (C=O) groups is 1. The van der Waals surface area contributed by atoms with Gasteiger partial charge in [-0.1, -0.05) is 19.9 Å². The van der Waals surface area contributed by atoms with Crippen LogP contribution in [-0.2, 0) is 15.0 Å². The van der Waals surface area contributed by atoms with Crippen LogP contribution in [-0.4, -0.2) is 37.4 Å². The minimum atomic E-state index is -3.70. The van der Waals surface area contributed by atoms with Gasteiger partial charge in [0.15, 0.2) is 0 Å². The van der Waals surface area contributed by atoms with Crippen molar-refractivity contribution in [2.75, 3.05) is 13.6 Å². The molecule has 114 valence electrons. The van der Waals surface area contributed by atoms with Gasteiger partial charge in [0.2, 0.25) is 0 Å². The van der Waals surface area contributed by atoms with Gasteiger partial charge in [-0.25, -0.2) is 0 Å². The van der Waals surface area contributed by atoms with Gasteiger partial charge in [-0.3, -0.25) is 4.79 Å². The van der Waals surface area contributed by atoms with E-state index in [1.807, 2.05) is 31.4 Å². The first-order valence-electron chi connectivity index (χ1n) is 6.23. The fraction of sp³-hybridized carbons (Fsp3) is 0.583. The van der Waals surface area contributed by atoms with E-state index in [1.54, 1.807) is 0 Å². The van der Waals surface area contributed by atoms with Crippen molar-refractivity contribution in [1.82, 2.24) is 9.03 Å². The number of hydrogen-bond donors (Lipinski definition) is 2. The standard InChI is InChI=1S/C12H20N2O4S2/c1-9(2)12(10-5-4-8-19-10)13-20(17,18)14(3)7-6-11(15)16/h4-5,8-9,12-13H,6-7H2,1-3H3,(H,15,16). The van der Waals surface area contributed by atoms with E-state index in [-0.39, 0.29) is 24.9 Å². The lowest BCUT2D eigenvalue weighted by Gasteiger charge is -2.24. The molecule has 1 atom stereocenters. The number of thiophene rings is 1. The van der Waals surface area contributed by atoms with Crippen LogP contribution in [0.5, 0.6) is 0 Å². The molecule has 0 aliphatic rings. The second kappa shape index (κ2) is 7.16. The van der Waals surface area contributed by atoms with Gasteiger partial charge < -0.3 is 5.11 Å². The molecule has 0 fully saturated rings. The number of hydrogen-bond acceptors (Lipinski definition) is 4. The zero-order valence-corrected chi connectivity index (χ0v) is 13.4. The summed E-state index contributed by atoms with van der Waals surface area (Å²) in [6.45, 7) is 3.81. The number of rotatable bonds is 8. The van der Waals surface area contributed by atoms with Crippen LogP contribution in [0.4, 0.5) is 0 Å². The predicted molar refractivity (Wildman–Crippen MR) is 78.8 cm³/mol. The van der Waals surface area contributed by atoms with Gasteiger partial charge in [-0.15, -0.1) is 11.3 Å². The van der Waals surface area contributed by atoms with Crippen molar-refractivity contribution < 1.29 is 18.3 Å². The third-order valence-corrected chi connectivity index (χ3v) is 5.35. The Morgan fingerprint density at radius 2 is 2.15 bits per heavy atom. The first-order chi connectivity index (χ1) is 9.24. The molecule has 20 heavy (non-hydrogen) atoms. The first kappa shape index (κ1) is 17.1. The normalized spacial score (nSPS) is 13.8. The number of carboxylic acid groups (broad SMARTS) is 1. The van der Waals surface area contributed by atoms with Crippen LogP contribution in [0.15, 0.2) is 17.5 Å². The third kappa shape index (κ3) is 4.86. The van der Waals surface area contributed by atoms with Crippen molar-refractivity contribution in [2.45, 2.75) is 26.3 Å². The molecule has 0 aliphatic carbocycles. The fourth-order valence-corrected chi connectivity index (χ4v) is 3.87. The average Bonchev–Trinajstić information content (AvgIpc) is 2.86. The average molecular weight is 320 g/mol. The number of aliphatic carboxylic acids is 1. The van der Waals surface area contributed by atoms with E-state index in [2.05, 4.69) is 4.72 Å². The highest BCUT2D eigenvalue weighted by atomic mass is 32.2. The second-order valence-corrected chi connectivity index (χ2v) is 7.61. The molecule has 0 spiro atoms. The molecular weight excluding hydrogens is 300 g/mol. The van der Waals surface area contributed by atoms with Gasteiger partial charge in [0.1, 0.15) is 0 Å². The molecule has 8 heteroatoms. The van der Waals surface area contributed by atoms with Crippen LogP contribution in [0.1, 0.15) is 31.2 Å². The van der Waals surface area contributed by atoms with Crippen molar-refractivity contribution in [3.05, 3.63) is 22.4 Å². The Bertz CT molecular complexity index is 526. The zero-order chi connectivity index (χ0) is 15.3. The molecule has 0 bridgehead atoms. The summed E-state index contributed by atoms with van der Waals surface area (Å²) in [6.07, 6.45) is -0.219. The predicted octanol–water partition coefficient (Wildman–Crippen LogP) is 1.69. The van der Waals surface area contributed by atoms with Gasteiger partial charge in [-0.05, 0) is 17.4 Å². The Kier molecular flexibility index (Phi) is 6.12. The van der Waals surface area contributed by atoms with Crippen LogP contribution in [0.3, 0.4) is 0 Å². The largest absolute Gasteiger partial charge is 0.481 e. The molecule has 0 saturated heterocycles. The van der Waals surface area contributed by atoms with Crippen molar-refractivity contribution in [1.29, 1.82) is 0 Å². The summed E-state index contributed by atoms with van der Waals surface area (Å²) in [6, 6.07) is 3.44. The molecule has 2 N–H and O–H groups in total. The molecule has 1 unspecified atom stereocenters. The minimum absolute atomic E-state index is 0.0556. The molecule has 1 aromatic rings. The van der Waals surface area contributed by atoms with E-state index in [9.17, 15) is 13.2 Å². The highest BCUT2D eigenvalue weighted by molar-refractivity contribution is 7.87. The lowest BCUT2D eigenvalue weighted by molar-refractivity contribution is -0.137. The molecule has 0 saturated carbocycles. The number of nitrogens with one attached hydrogen (secondary N) is 1. The molecule has 1 aromatic heterocycles. The number of carboxylic acids is 1. The summed E-state index contributed by atoms with van der Waals surface area (Å²) in [4.78, 5) is 11.4. The minimum Gasteiger partial charge on any atom is -0.481 e. The van der Waals surface area contributed by atoms with Crippen molar-refractivity contribution in [2.24, 2.45) is 5.92 Å². The molecule has 0 aromatic carbocycles. The van der Waals surface area contributed by atoms with Crippen LogP contribution >= 0.6 is 11.3 Å². The maximum absolute atomic E-state index is 12.2. The fourth-order valence-electron chi connectivity index (χ4n) is 1.61. The van der Waals surface area contributed by atoms with Crippen LogP contribution in [0.25, 0.3) is 0 Å². The molecule has 0 aliphatic heterocycles. The summed E-state index contributed by atoms with van der Waals surface area (Å²) in [5.74, 6) is -0.929. The lowest BCUT2D eigenvalue weighted by Crippen LogP contribution is -2.42. The smallest absolute Gasteiger partial charge is 0.304 e. The Morgan fingerprint density at radius 1 is 1.50 bits per heavy atom. The van der Waals surface area contributed by atoms with E-state index in [0.717, 1.165) is 9.18 Å². The summed E-state index contributed by atoms with van der Waals surface area (Å²) >= 11 is 1.49. The van der Waals surface area contributed by atoms with E-state index in [1.165, 1.54) is 18.4 Å². The Labute approximate surface area is 123 Å². The van der Waals surface area contributed by atoms with Crippen LogP contribution in [0, 0.1) is 5.92 Å². The summed E-state index contributed by atoms with van der Waals surface area (Å²) < 4.78 is 28.0. The van der Waals surface area contributed by atoms with Crippen molar-refractivity contribution >= 4 is 27.5 Å². The Balaban J connectivity index is 2.79. The molecule has 6 nitrogen and oxygen atoms in total. The Morgan fingerprint density at radius 3 is 2.60 bits per heavy atom. The third-order valence-electron chi connectivity index (χ3n) is 2.84. The van der Waals surface area contributed by atoms with Crippen LogP contribution < -0.4 is 4.72 Å². The van der Waals surface area contributed by atoms with E-state index >= 15 is 0 Å². The van der Waals surface area contributed by atoms with E-state index in [4.69, 9.17) is 5.11 Å². The van der Waals surface area contributed by atoms with E-state index in [0.29, 0.717) is 0 Å². The van der Waals surface area contributed by atoms with Crippen molar-refractivity contribution in [3.8, 4) is 0 Å². The van der Waals surface area contributed by atoms with Gasteiger partial charge >= 0.3 is 5.97 Å². The molecule has 1 heterocycles. The van der Waals surface area contributed by atoms with E-state index < -0.39 is 16.2 Å². The summed E-state index contributed by atoms with van der Waals surface area (Å²) in [5, 5.41) is 10.5. The van der Waals surface area contributed by atoms with Gasteiger partial charge in [0.05, 0.1) is 12.5 Å². The second-order valence-electron chi connectivity index (χ2n) is 4.83. The topological polar surface area (TPSA) is 86.7 Å². The van der Waals surface area contributed by atoms with Gasteiger partial charge in [0, 0.05) is 18.5 Å². The highest BCUT2D eigenvalue weighted by Crippen LogP contribution is 2.26. The highest BCUT2D eigenvalue weighted by Gasteiger charge is 2.26. The van der Waals surface area contributed by atoms with Crippen LogP contribution in [0.2, 0.25) is 0 Å². The molecular formula is C12H20N2O4S2. The molecule has 0 amide bonds. The van der Waals surface area contributed by atoms with Gasteiger partial charge in [-0.2, -0.15) is 17.4 Å². The zero-order valence-electron chi connectivity index (χ0n) is 11.7. The Hall–Kier alpha value is -0.960.